The summed E-state index contributed by atoms with van der Waals surface area (Å²) in [5.41, 5.74) is 3.45. The normalized spacial score (nSPS) is 11.9. The Balaban J connectivity index is 2.10. The molecule has 0 spiro atoms. The molecule has 0 aliphatic heterocycles. The zero-order valence-electron chi connectivity index (χ0n) is 19.5. The second kappa shape index (κ2) is 12.6. The summed E-state index contributed by atoms with van der Waals surface area (Å²) in [4.78, 5) is 29.0. The first-order chi connectivity index (χ1) is 14.8. The number of carbonyl (C=O) groups excluding carboxylic acids is 2. The monoisotopic (exact) mass is 440 g/mol. The van der Waals surface area contributed by atoms with Gasteiger partial charge in [0, 0.05) is 30.2 Å². The molecule has 1 atom stereocenters. The Morgan fingerprint density at radius 1 is 0.968 bits per heavy atom. The Bertz CT molecular complexity index is 831. The van der Waals surface area contributed by atoms with Crippen LogP contribution in [0.1, 0.15) is 50.3 Å². The lowest BCUT2D eigenvalue weighted by Gasteiger charge is -2.31. The van der Waals surface area contributed by atoms with E-state index in [0.717, 1.165) is 10.5 Å². The first-order valence-electron chi connectivity index (χ1n) is 11.1. The first-order valence-corrected chi connectivity index (χ1v) is 12.1. The molecule has 168 valence electrons. The van der Waals surface area contributed by atoms with Crippen LogP contribution in [0.5, 0.6) is 0 Å². The third-order valence-electron chi connectivity index (χ3n) is 5.15. The van der Waals surface area contributed by atoms with Crippen molar-refractivity contribution in [1.82, 2.24) is 10.2 Å². The number of hydrogen-bond donors (Lipinski definition) is 1. The molecule has 0 aliphatic rings. The summed E-state index contributed by atoms with van der Waals surface area (Å²) in [5.74, 6) is 1.01. The molecule has 0 heterocycles. The van der Waals surface area contributed by atoms with E-state index in [2.05, 4.69) is 50.4 Å². The van der Waals surface area contributed by atoms with Crippen molar-refractivity contribution in [3.8, 4) is 0 Å². The standard InChI is InChI=1S/C26H36N2O2S/c1-6-24(26(30)27-17-19(2)3)28(18-22-11-7-20(4)8-12-22)25(29)15-16-31-23-13-9-21(5)10-14-23/h7-14,19,24H,6,15-18H2,1-5H3,(H,27,30). The van der Waals surface area contributed by atoms with E-state index in [4.69, 9.17) is 0 Å². The molecular formula is C26H36N2O2S. The van der Waals surface area contributed by atoms with Gasteiger partial charge in [-0.05, 0) is 43.9 Å². The minimum atomic E-state index is -0.461. The van der Waals surface area contributed by atoms with Gasteiger partial charge in [0.2, 0.25) is 11.8 Å². The molecule has 0 fully saturated rings. The highest BCUT2D eigenvalue weighted by molar-refractivity contribution is 7.99. The van der Waals surface area contributed by atoms with Gasteiger partial charge < -0.3 is 10.2 Å². The molecule has 0 radical (unpaired) electrons. The number of benzene rings is 2. The van der Waals surface area contributed by atoms with Crippen LogP contribution in [-0.4, -0.2) is 35.1 Å². The molecule has 5 heteroatoms. The molecule has 4 nitrogen and oxygen atoms in total. The van der Waals surface area contributed by atoms with E-state index in [0.29, 0.717) is 37.6 Å². The van der Waals surface area contributed by atoms with Crippen molar-refractivity contribution in [1.29, 1.82) is 0 Å². The lowest BCUT2D eigenvalue weighted by Crippen LogP contribution is -2.49. The fraction of sp³-hybridized carbons (Fsp3) is 0.462. The molecule has 0 bridgehead atoms. The van der Waals surface area contributed by atoms with Gasteiger partial charge in [0.05, 0.1) is 0 Å². The van der Waals surface area contributed by atoms with Gasteiger partial charge in [-0.25, -0.2) is 0 Å². The Morgan fingerprint density at radius 3 is 2.10 bits per heavy atom. The molecule has 31 heavy (non-hydrogen) atoms. The van der Waals surface area contributed by atoms with Crippen LogP contribution in [0.4, 0.5) is 0 Å². The van der Waals surface area contributed by atoms with Crippen molar-refractivity contribution in [3.05, 3.63) is 65.2 Å². The molecule has 0 aromatic heterocycles. The lowest BCUT2D eigenvalue weighted by atomic mass is 10.1. The summed E-state index contributed by atoms with van der Waals surface area (Å²) in [5, 5.41) is 3.01. The number of nitrogens with one attached hydrogen (secondary N) is 1. The number of aryl methyl sites for hydroxylation is 2. The van der Waals surface area contributed by atoms with Gasteiger partial charge in [0.15, 0.2) is 0 Å². The number of thioether (sulfide) groups is 1. The van der Waals surface area contributed by atoms with Crippen LogP contribution in [0.2, 0.25) is 0 Å². The van der Waals surface area contributed by atoms with Gasteiger partial charge in [0.1, 0.15) is 6.04 Å². The van der Waals surface area contributed by atoms with Crippen LogP contribution in [0, 0.1) is 19.8 Å². The van der Waals surface area contributed by atoms with Crippen LogP contribution < -0.4 is 5.32 Å². The summed E-state index contributed by atoms with van der Waals surface area (Å²) in [6.45, 7) is 11.3. The van der Waals surface area contributed by atoms with Crippen LogP contribution in [0.15, 0.2) is 53.4 Å². The quantitative estimate of drug-likeness (QED) is 0.478. The van der Waals surface area contributed by atoms with E-state index in [1.807, 2.05) is 38.1 Å². The highest BCUT2D eigenvalue weighted by atomic mass is 32.2. The fourth-order valence-corrected chi connectivity index (χ4v) is 4.11. The maximum Gasteiger partial charge on any atom is 0.242 e. The number of rotatable bonds is 11. The van der Waals surface area contributed by atoms with E-state index in [9.17, 15) is 9.59 Å². The minimum Gasteiger partial charge on any atom is -0.354 e. The van der Waals surface area contributed by atoms with Gasteiger partial charge in [-0.3, -0.25) is 9.59 Å². The smallest absolute Gasteiger partial charge is 0.242 e. The van der Waals surface area contributed by atoms with Crippen molar-refractivity contribution in [2.75, 3.05) is 12.3 Å². The summed E-state index contributed by atoms with van der Waals surface area (Å²) in [7, 11) is 0. The molecule has 2 rings (SSSR count). The molecule has 1 unspecified atom stereocenters. The predicted molar refractivity (Wildman–Crippen MR) is 130 cm³/mol. The largest absolute Gasteiger partial charge is 0.354 e. The molecule has 1 N–H and O–H groups in total. The van der Waals surface area contributed by atoms with E-state index < -0.39 is 6.04 Å². The first kappa shape index (κ1) is 25.0. The van der Waals surface area contributed by atoms with Gasteiger partial charge in [0.25, 0.3) is 0 Å². The van der Waals surface area contributed by atoms with Crippen molar-refractivity contribution in [2.45, 2.75) is 64.9 Å². The molecule has 0 saturated carbocycles. The summed E-state index contributed by atoms with van der Waals surface area (Å²) >= 11 is 1.68. The SMILES string of the molecule is CCC(C(=O)NCC(C)C)N(Cc1ccc(C)cc1)C(=O)CCSc1ccc(C)cc1. The zero-order valence-corrected chi connectivity index (χ0v) is 20.3. The van der Waals surface area contributed by atoms with Gasteiger partial charge in [-0.1, -0.05) is 68.3 Å². The Kier molecular flexibility index (Phi) is 10.1. The van der Waals surface area contributed by atoms with Crippen LogP contribution in [0.3, 0.4) is 0 Å². The summed E-state index contributed by atoms with van der Waals surface area (Å²) in [6, 6.07) is 16.0. The number of hydrogen-bond acceptors (Lipinski definition) is 3. The average molecular weight is 441 g/mol. The number of nitrogens with zero attached hydrogens (tertiary/aromatic N) is 1. The Hall–Kier alpha value is -2.27. The van der Waals surface area contributed by atoms with Crippen molar-refractivity contribution >= 4 is 23.6 Å². The molecule has 2 aromatic rings. The van der Waals surface area contributed by atoms with Crippen LogP contribution in [-0.2, 0) is 16.1 Å². The van der Waals surface area contributed by atoms with Crippen LogP contribution in [0.25, 0.3) is 0 Å². The summed E-state index contributed by atoms with van der Waals surface area (Å²) < 4.78 is 0. The molecule has 2 aromatic carbocycles. The number of carbonyl (C=O) groups is 2. The van der Waals surface area contributed by atoms with Gasteiger partial charge in [-0.15, -0.1) is 11.8 Å². The minimum absolute atomic E-state index is 0.0201. The van der Waals surface area contributed by atoms with Crippen LogP contribution >= 0.6 is 11.8 Å². The number of amides is 2. The maximum atomic E-state index is 13.2. The maximum absolute atomic E-state index is 13.2. The van der Waals surface area contributed by atoms with E-state index in [1.54, 1.807) is 16.7 Å². The third-order valence-corrected chi connectivity index (χ3v) is 6.16. The van der Waals surface area contributed by atoms with Crippen molar-refractivity contribution in [3.63, 3.8) is 0 Å². The highest BCUT2D eigenvalue weighted by Gasteiger charge is 2.28. The average Bonchev–Trinajstić information content (AvgIpc) is 2.74. The van der Waals surface area contributed by atoms with E-state index in [-0.39, 0.29) is 11.8 Å². The molecule has 0 aliphatic carbocycles. The topological polar surface area (TPSA) is 49.4 Å². The second-order valence-electron chi connectivity index (χ2n) is 8.48. The van der Waals surface area contributed by atoms with Crippen molar-refractivity contribution in [2.24, 2.45) is 5.92 Å². The van der Waals surface area contributed by atoms with E-state index >= 15 is 0 Å². The lowest BCUT2D eigenvalue weighted by molar-refractivity contribution is -0.141. The van der Waals surface area contributed by atoms with Crippen molar-refractivity contribution < 1.29 is 9.59 Å². The highest BCUT2D eigenvalue weighted by Crippen LogP contribution is 2.21. The van der Waals surface area contributed by atoms with E-state index in [1.165, 1.54) is 11.1 Å². The van der Waals surface area contributed by atoms with Gasteiger partial charge in [-0.2, -0.15) is 0 Å². The summed E-state index contributed by atoms with van der Waals surface area (Å²) in [6.07, 6.45) is 0.991. The molecular weight excluding hydrogens is 404 g/mol. The Morgan fingerprint density at radius 2 is 1.55 bits per heavy atom. The Labute approximate surface area is 191 Å². The second-order valence-corrected chi connectivity index (χ2v) is 9.65. The predicted octanol–water partition coefficient (Wildman–Crippen LogP) is 5.37. The fourth-order valence-electron chi connectivity index (χ4n) is 3.27. The third kappa shape index (κ3) is 8.41. The zero-order chi connectivity index (χ0) is 22.8. The molecule has 0 saturated heterocycles. The molecule has 2 amide bonds. The van der Waals surface area contributed by atoms with Gasteiger partial charge >= 0.3 is 0 Å².